The van der Waals surface area contributed by atoms with Gasteiger partial charge in [-0.05, 0) is 0 Å². The molecule has 0 aliphatic carbocycles. The van der Waals surface area contributed by atoms with Gasteiger partial charge in [0.05, 0.1) is 6.61 Å². The third kappa shape index (κ3) is 8.86. The first-order chi connectivity index (χ1) is 17.9. The Morgan fingerprint density at radius 2 is 0.667 bits per heavy atom. The molecule has 0 heterocycles. The van der Waals surface area contributed by atoms with Crippen molar-refractivity contribution < 1.29 is 130 Å². The van der Waals surface area contributed by atoms with Gasteiger partial charge < -0.3 is 10.2 Å². The molecule has 0 saturated heterocycles. The molecule has 0 aromatic carbocycles. The molecule has 0 fully saturated rings. The van der Waals surface area contributed by atoms with Gasteiger partial charge in [-0.3, -0.25) is 4.74 Å². The van der Waals surface area contributed by atoms with Crippen LogP contribution in [-0.2, 0) is 23.7 Å². The van der Waals surface area contributed by atoms with E-state index in [1.54, 1.807) is 0 Å². The summed E-state index contributed by atoms with van der Waals surface area (Å²) in [4.78, 5) is 0. The Hall–Kier alpha value is -1.82. The molecule has 42 heavy (non-hydrogen) atoms. The van der Waals surface area contributed by atoms with Gasteiger partial charge in [0.25, 0.3) is 6.36 Å². The number of alkyl halides is 22. The number of rotatable bonds is 16. The summed E-state index contributed by atoms with van der Waals surface area (Å²) in [7, 11) is 0. The molecule has 0 spiro atoms. The number of ether oxygens (including phenoxy) is 5. The van der Waals surface area contributed by atoms with E-state index in [1.807, 2.05) is 4.74 Å². The van der Waals surface area contributed by atoms with Gasteiger partial charge in [-0.25, -0.2) is 23.3 Å². The number of hydrogen-bond donors (Lipinski definition) is 2. The Labute approximate surface area is 212 Å². The van der Waals surface area contributed by atoms with Crippen molar-refractivity contribution >= 4 is 0 Å². The first kappa shape index (κ1) is 40.2. The standard InChI is InChI=1S/C13H6F22O7/c14-3(4(15,16)2(37)1-36)38-5(17,18)6(19,20)39-7(21,22)8(23,24)40-9(25,26)10(27,28)41-11(29,30)12(31,32)42-13(33,34)35/h2-3,36-37H,1H2. The second-order valence-electron chi connectivity index (χ2n) is 6.80. The van der Waals surface area contributed by atoms with Crippen molar-refractivity contribution in [2.75, 3.05) is 6.61 Å². The van der Waals surface area contributed by atoms with Crippen LogP contribution in [0.3, 0.4) is 0 Å². The van der Waals surface area contributed by atoms with Crippen LogP contribution in [0.1, 0.15) is 0 Å². The van der Waals surface area contributed by atoms with Crippen molar-refractivity contribution in [3.63, 3.8) is 0 Å². The fraction of sp³-hybridized carbons (Fsp3) is 1.00. The first-order valence-electron chi connectivity index (χ1n) is 8.82. The predicted octanol–water partition coefficient (Wildman–Crippen LogP) is 5.62. The summed E-state index contributed by atoms with van der Waals surface area (Å²) in [5, 5.41) is 16.6. The van der Waals surface area contributed by atoms with Gasteiger partial charge in [-0.2, -0.15) is 79.0 Å². The molecule has 0 amide bonds. The average molecular weight is 692 g/mol. The van der Waals surface area contributed by atoms with Gasteiger partial charge in [0.2, 0.25) is 0 Å². The van der Waals surface area contributed by atoms with Crippen LogP contribution >= 0.6 is 0 Å². The molecule has 0 aliphatic heterocycles. The lowest BCUT2D eigenvalue weighted by atomic mass is 10.2. The predicted molar refractivity (Wildman–Crippen MR) is 74.0 cm³/mol. The van der Waals surface area contributed by atoms with Crippen molar-refractivity contribution in [3.8, 4) is 0 Å². The minimum absolute atomic E-state index is 1.22. The van der Waals surface area contributed by atoms with Gasteiger partial charge in [0.1, 0.15) is 6.10 Å². The van der Waals surface area contributed by atoms with Crippen LogP contribution in [0, 0.1) is 0 Å². The molecular weight excluding hydrogens is 686 g/mol. The molecule has 0 aromatic heterocycles. The summed E-state index contributed by atoms with van der Waals surface area (Å²) in [6, 6.07) is 0. The zero-order valence-corrected chi connectivity index (χ0v) is 18.1. The van der Waals surface area contributed by atoms with Crippen molar-refractivity contribution in [2.45, 2.75) is 73.6 Å². The smallest absolute Gasteiger partial charge is 0.393 e. The molecule has 0 aromatic rings. The van der Waals surface area contributed by atoms with E-state index in [1.165, 1.54) is 18.9 Å². The third-order valence-electron chi connectivity index (χ3n) is 3.54. The van der Waals surface area contributed by atoms with Crippen LogP contribution in [0.2, 0.25) is 0 Å². The Morgan fingerprint density at radius 3 is 0.905 bits per heavy atom. The van der Waals surface area contributed by atoms with E-state index in [4.69, 9.17) is 10.2 Å². The molecule has 254 valence electrons. The van der Waals surface area contributed by atoms with Gasteiger partial charge >= 0.3 is 61.2 Å². The van der Waals surface area contributed by atoms with Crippen LogP contribution in [-0.4, -0.2) is 90.4 Å². The van der Waals surface area contributed by atoms with Crippen LogP contribution in [0.4, 0.5) is 96.6 Å². The molecule has 2 unspecified atom stereocenters. The van der Waals surface area contributed by atoms with Crippen LogP contribution in [0.15, 0.2) is 0 Å². The van der Waals surface area contributed by atoms with Crippen molar-refractivity contribution in [1.29, 1.82) is 0 Å². The molecule has 0 saturated carbocycles. The Balaban J connectivity index is 6.07. The van der Waals surface area contributed by atoms with Gasteiger partial charge in [-0.15, -0.1) is 13.2 Å². The lowest BCUT2D eigenvalue weighted by molar-refractivity contribution is -0.588. The highest BCUT2D eigenvalue weighted by Gasteiger charge is 2.78. The average Bonchev–Trinajstić information content (AvgIpc) is 2.68. The summed E-state index contributed by atoms with van der Waals surface area (Å²) in [6.45, 7) is -2.24. The van der Waals surface area contributed by atoms with E-state index in [2.05, 4.69) is 0 Å². The van der Waals surface area contributed by atoms with Crippen LogP contribution < -0.4 is 0 Å². The maximum absolute atomic E-state index is 13.3. The second-order valence-corrected chi connectivity index (χ2v) is 6.80. The Kier molecular flexibility index (Phi) is 11.1. The van der Waals surface area contributed by atoms with Gasteiger partial charge in [-0.1, -0.05) is 0 Å². The quantitative estimate of drug-likeness (QED) is 0.204. The second kappa shape index (κ2) is 11.6. The van der Waals surface area contributed by atoms with Crippen LogP contribution in [0.5, 0.6) is 0 Å². The largest absolute Gasteiger partial charge is 0.527 e. The SMILES string of the molecule is OCC(O)C(F)(F)C(F)OC(F)(F)C(F)(F)OC(F)(F)C(F)(F)OC(F)(F)C(F)(F)OC(F)(F)C(F)(F)OC(F)(F)F. The molecule has 2 atom stereocenters. The highest BCUT2D eigenvalue weighted by Crippen LogP contribution is 2.52. The van der Waals surface area contributed by atoms with Crippen molar-refractivity contribution in [1.82, 2.24) is 0 Å². The van der Waals surface area contributed by atoms with Crippen molar-refractivity contribution in [3.05, 3.63) is 0 Å². The molecule has 0 rings (SSSR count). The molecule has 2 N–H and O–H groups in total. The highest BCUT2D eigenvalue weighted by molar-refractivity contribution is 4.83. The van der Waals surface area contributed by atoms with E-state index in [0.29, 0.717) is 0 Å². The zero-order valence-electron chi connectivity index (χ0n) is 18.1. The summed E-state index contributed by atoms with van der Waals surface area (Å²) >= 11 is 0. The van der Waals surface area contributed by atoms with E-state index in [9.17, 15) is 96.6 Å². The van der Waals surface area contributed by atoms with E-state index in [-0.39, 0.29) is 0 Å². The molecule has 0 aliphatic rings. The molecule has 29 heteroatoms. The monoisotopic (exact) mass is 692 g/mol. The fourth-order valence-electron chi connectivity index (χ4n) is 1.59. The number of halogens is 22. The zero-order chi connectivity index (χ0) is 34.4. The summed E-state index contributed by atoms with van der Waals surface area (Å²) < 4.78 is 291. The van der Waals surface area contributed by atoms with Gasteiger partial charge in [0, 0.05) is 0 Å². The summed E-state index contributed by atoms with van der Waals surface area (Å²) in [5.41, 5.74) is 0. The first-order valence-corrected chi connectivity index (χ1v) is 8.82. The molecule has 0 bridgehead atoms. The minimum atomic E-state index is -7.98. The molecule has 7 nitrogen and oxygen atoms in total. The topological polar surface area (TPSA) is 86.6 Å². The molecular formula is C13H6F22O7. The Morgan fingerprint density at radius 1 is 0.429 bits per heavy atom. The van der Waals surface area contributed by atoms with Crippen LogP contribution in [0.25, 0.3) is 0 Å². The maximum Gasteiger partial charge on any atom is 0.527 e. The van der Waals surface area contributed by atoms with E-state index >= 15 is 0 Å². The lowest BCUT2D eigenvalue weighted by Gasteiger charge is -2.36. The number of aliphatic hydroxyl groups is 2. The number of hydrogen-bond acceptors (Lipinski definition) is 7. The highest BCUT2D eigenvalue weighted by atomic mass is 19.4. The summed E-state index contributed by atoms with van der Waals surface area (Å²) in [5.74, 6) is -5.83. The summed E-state index contributed by atoms with van der Waals surface area (Å²) in [6.07, 6.45) is -77.8. The van der Waals surface area contributed by atoms with E-state index < -0.39 is 80.2 Å². The molecule has 0 radical (unpaired) electrons. The third-order valence-corrected chi connectivity index (χ3v) is 3.54. The Bertz CT molecular complexity index is 904. The maximum atomic E-state index is 13.3. The van der Waals surface area contributed by atoms with E-state index in [0.717, 1.165) is 0 Å². The fourth-order valence-corrected chi connectivity index (χ4v) is 1.59. The minimum Gasteiger partial charge on any atom is -0.393 e. The van der Waals surface area contributed by atoms with Crippen molar-refractivity contribution in [2.24, 2.45) is 0 Å². The lowest BCUT2D eigenvalue weighted by Crippen LogP contribution is -2.61. The normalized spacial score (nSPS) is 17.4. The number of aliphatic hydroxyl groups excluding tert-OH is 2. The van der Waals surface area contributed by atoms with Gasteiger partial charge in [0.15, 0.2) is 0 Å².